The summed E-state index contributed by atoms with van der Waals surface area (Å²) in [5.74, 6) is -0.0528. The Balaban J connectivity index is 1.17. The highest BCUT2D eigenvalue weighted by Gasteiger charge is 2.63. The van der Waals surface area contributed by atoms with Crippen molar-refractivity contribution in [2.45, 2.75) is 54.6 Å². The van der Waals surface area contributed by atoms with Gasteiger partial charge in [0.25, 0.3) is 5.56 Å². The van der Waals surface area contributed by atoms with E-state index in [1.807, 2.05) is 0 Å². The molecule has 9 atom stereocenters. The zero-order chi connectivity index (χ0) is 30.3. The number of halogens is 1. The summed E-state index contributed by atoms with van der Waals surface area (Å²) >= 11 is 5.50. The summed E-state index contributed by atoms with van der Waals surface area (Å²) in [5, 5.41) is 20.7. The first-order chi connectivity index (χ1) is 20.5. The molecule has 4 aromatic rings. The quantitative estimate of drug-likeness (QED) is 0.119. The van der Waals surface area contributed by atoms with Crippen LogP contribution in [0.4, 0.5) is 16.2 Å². The van der Waals surface area contributed by atoms with Crippen molar-refractivity contribution in [3.8, 4) is 0 Å². The molecule has 8 N–H and O–H groups in total. The lowest BCUT2D eigenvalue weighted by molar-refractivity contribution is -0.182. The second kappa shape index (κ2) is 10.2. The Morgan fingerprint density at radius 1 is 1.19 bits per heavy atom. The fraction of sp³-hybridized carbons (Fsp3) is 0.545. The summed E-state index contributed by atoms with van der Waals surface area (Å²) in [7, 11) is 0. The molecule has 0 spiro atoms. The molecule has 18 nitrogen and oxygen atoms in total. The molecule has 3 saturated heterocycles. The molecule has 0 aromatic carbocycles. The van der Waals surface area contributed by atoms with Gasteiger partial charge in [-0.1, -0.05) is 0 Å². The molecule has 3 aliphatic heterocycles. The van der Waals surface area contributed by atoms with E-state index >= 15 is 4.39 Å². The molecule has 0 aliphatic carbocycles. The highest BCUT2D eigenvalue weighted by Crippen LogP contribution is 2.60. The summed E-state index contributed by atoms with van der Waals surface area (Å²) < 4.78 is 42.5. The fourth-order valence-corrected chi connectivity index (χ4v) is 8.33. The molecule has 4 aromatic heterocycles. The number of rotatable bonds is 8. The zero-order valence-electron chi connectivity index (χ0n) is 22.0. The number of hydrogen-bond acceptors (Lipinski definition) is 15. The smallest absolute Gasteiger partial charge is 0.280 e. The summed E-state index contributed by atoms with van der Waals surface area (Å²) in [4.78, 5) is 46.7. The van der Waals surface area contributed by atoms with Crippen LogP contribution in [-0.4, -0.2) is 110 Å². The molecule has 0 radical (unpaired) electrons. The average molecular weight is 641 g/mol. The maximum atomic E-state index is 15.9. The number of hydrogen-bond donors (Lipinski definition) is 6. The zero-order valence-corrected chi connectivity index (χ0v) is 23.7. The van der Waals surface area contributed by atoms with E-state index in [2.05, 4.69) is 29.9 Å². The normalized spacial score (nSPS) is 33.5. The number of nitrogens with zero attached hydrogens (tertiary/aromatic N) is 7. The van der Waals surface area contributed by atoms with Gasteiger partial charge in [-0.25, -0.2) is 24.3 Å². The highest BCUT2D eigenvalue weighted by molar-refractivity contribution is 8.09. The number of ether oxygens (including phenoxy) is 3. The van der Waals surface area contributed by atoms with E-state index in [9.17, 15) is 19.9 Å². The van der Waals surface area contributed by atoms with Crippen molar-refractivity contribution in [2.75, 3.05) is 31.3 Å². The highest BCUT2D eigenvalue weighted by atomic mass is 32.5. The van der Waals surface area contributed by atoms with Crippen LogP contribution in [0.25, 0.3) is 22.3 Å². The Morgan fingerprint density at radius 2 is 1.93 bits per heavy atom. The maximum absolute atomic E-state index is 15.9. The molecular formula is C22H26FN10O8PS. The first kappa shape index (κ1) is 28.6. The van der Waals surface area contributed by atoms with E-state index in [1.54, 1.807) is 4.57 Å². The largest absolute Gasteiger partial charge is 0.396 e. The Labute approximate surface area is 245 Å². The van der Waals surface area contributed by atoms with Crippen LogP contribution in [0.1, 0.15) is 18.9 Å². The summed E-state index contributed by atoms with van der Waals surface area (Å²) in [5.41, 5.74) is 8.58. The van der Waals surface area contributed by atoms with E-state index in [-0.39, 0.29) is 36.0 Å². The van der Waals surface area contributed by atoms with E-state index in [1.165, 1.54) is 23.5 Å². The lowest BCUT2D eigenvalue weighted by atomic mass is 10.0. The van der Waals surface area contributed by atoms with Gasteiger partial charge >= 0.3 is 0 Å². The Morgan fingerprint density at radius 3 is 2.70 bits per heavy atom. The molecule has 230 valence electrons. The monoisotopic (exact) mass is 640 g/mol. The van der Waals surface area contributed by atoms with E-state index in [0.29, 0.717) is 11.2 Å². The van der Waals surface area contributed by atoms with Crippen molar-refractivity contribution in [1.82, 2.24) is 39.0 Å². The average Bonchev–Trinajstić information content (AvgIpc) is 3.76. The Kier molecular flexibility index (Phi) is 6.76. The Hall–Kier alpha value is -3.20. The van der Waals surface area contributed by atoms with Gasteiger partial charge in [0.1, 0.15) is 41.5 Å². The van der Waals surface area contributed by atoms with E-state index in [0.717, 1.165) is 0 Å². The van der Waals surface area contributed by atoms with Crippen LogP contribution in [0.5, 0.6) is 0 Å². The van der Waals surface area contributed by atoms with Crippen LogP contribution in [0, 0.1) is 0 Å². The topological polar surface area (TPSA) is 257 Å². The van der Waals surface area contributed by atoms with Crippen LogP contribution in [0.15, 0.2) is 23.8 Å². The lowest BCUT2D eigenvalue weighted by Crippen LogP contribution is -2.45. The van der Waals surface area contributed by atoms with Gasteiger partial charge in [-0.2, -0.15) is 4.98 Å². The number of nitrogens with two attached hydrogens (primary N) is 2. The second-order valence-corrected chi connectivity index (χ2v) is 14.1. The van der Waals surface area contributed by atoms with Gasteiger partial charge < -0.3 is 45.3 Å². The van der Waals surface area contributed by atoms with Crippen LogP contribution in [0.3, 0.4) is 0 Å². The third kappa shape index (κ3) is 4.36. The molecular weight excluding hydrogens is 614 g/mol. The predicted octanol–water partition coefficient (Wildman–Crippen LogP) is -1.54. The number of anilines is 2. The molecule has 0 saturated carbocycles. The lowest BCUT2D eigenvalue weighted by Gasteiger charge is -2.34. The number of aromatic amines is 1. The number of aliphatic hydroxyl groups is 2. The summed E-state index contributed by atoms with van der Waals surface area (Å²) in [6.07, 6.45) is -3.57. The first-order valence-corrected chi connectivity index (χ1v) is 15.8. The van der Waals surface area contributed by atoms with Crippen molar-refractivity contribution in [3.05, 3.63) is 29.3 Å². The van der Waals surface area contributed by atoms with Crippen molar-refractivity contribution in [2.24, 2.45) is 0 Å². The van der Waals surface area contributed by atoms with Gasteiger partial charge in [0.05, 0.1) is 32.0 Å². The molecule has 7 heterocycles. The number of fused-ring (bicyclic) bond motifs is 4. The van der Waals surface area contributed by atoms with E-state index in [4.69, 9.17) is 42.0 Å². The number of aliphatic hydroxyl groups excluding tert-OH is 2. The first-order valence-electron chi connectivity index (χ1n) is 13.0. The minimum atomic E-state index is -4.14. The van der Waals surface area contributed by atoms with Gasteiger partial charge in [0.15, 0.2) is 41.6 Å². The van der Waals surface area contributed by atoms with Crippen molar-refractivity contribution in [3.63, 3.8) is 0 Å². The standard InChI is InChI=1S/C22H26FN10O8PS/c23-9-8(1-2-34)40-20(33-7-29-11-17(33)30-21(25)31-18(11)36)13(9)42(37,43)39-4-22-3-38-12(14(22)35)19(41-22)32-6-28-10-15(24)26-5-27-16(10)32/h5-9,12-14,19-20,34-35H,1-4H2,(H,37,43)(H2,24,26,27)(H3,25,30,31,36)/t8-,9+,12-,13-,14+,19-,20-,22-,42?/m1/s1. The van der Waals surface area contributed by atoms with E-state index < -0.39 is 73.5 Å². The molecule has 3 aliphatic rings. The third-order valence-corrected chi connectivity index (χ3v) is 10.8. The van der Waals surface area contributed by atoms with Crippen molar-refractivity contribution < 1.29 is 38.2 Å². The molecule has 2 bridgehead atoms. The van der Waals surface area contributed by atoms with Crippen LogP contribution in [-0.2, 0) is 30.5 Å². The molecule has 7 rings (SSSR count). The maximum Gasteiger partial charge on any atom is 0.280 e. The molecule has 43 heavy (non-hydrogen) atoms. The van der Waals surface area contributed by atoms with Gasteiger partial charge in [-0.05, 0) is 18.2 Å². The summed E-state index contributed by atoms with van der Waals surface area (Å²) in [6, 6.07) is 0. The molecule has 21 heteroatoms. The van der Waals surface area contributed by atoms with Gasteiger partial charge in [-0.15, -0.1) is 0 Å². The molecule has 1 unspecified atom stereocenters. The van der Waals surface area contributed by atoms with Crippen LogP contribution in [0.2, 0.25) is 0 Å². The van der Waals surface area contributed by atoms with Crippen molar-refractivity contribution >= 4 is 52.4 Å². The predicted molar refractivity (Wildman–Crippen MR) is 148 cm³/mol. The van der Waals surface area contributed by atoms with Crippen LogP contribution < -0.4 is 17.0 Å². The van der Waals surface area contributed by atoms with Crippen LogP contribution >= 0.6 is 6.49 Å². The second-order valence-electron chi connectivity index (χ2n) is 10.5. The summed E-state index contributed by atoms with van der Waals surface area (Å²) in [6.45, 7) is -5.12. The molecule has 3 fully saturated rings. The number of nitrogen functional groups attached to an aromatic ring is 2. The van der Waals surface area contributed by atoms with Gasteiger partial charge in [0, 0.05) is 6.61 Å². The number of H-pyrrole nitrogens is 1. The fourth-order valence-electron chi connectivity index (χ4n) is 5.85. The number of aromatic nitrogens is 8. The minimum Gasteiger partial charge on any atom is -0.396 e. The van der Waals surface area contributed by atoms with Gasteiger partial charge in [0.2, 0.25) is 5.95 Å². The number of imidazole rings is 2. The number of nitrogens with one attached hydrogen (secondary N) is 1. The van der Waals surface area contributed by atoms with Crippen molar-refractivity contribution in [1.29, 1.82) is 0 Å². The SMILES string of the molecule is Nc1nc2c(ncn2[C@@H]2O[C@H](CCO)[C@H](F)[C@H]2P(O)(=S)OC[C@@]23CO[C@@H]([C@H](n4cnc5c(N)ncnc54)O2)[C@@H]3O)c(=O)[nH]1. The van der Waals surface area contributed by atoms with Gasteiger partial charge in [-0.3, -0.25) is 18.9 Å². The Bertz CT molecular complexity index is 1820. The molecule has 0 amide bonds. The third-order valence-electron chi connectivity index (χ3n) is 7.96. The number of alkyl halides is 1. The minimum absolute atomic E-state index is 0.0249.